The summed E-state index contributed by atoms with van der Waals surface area (Å²) in [6, 6.07) is 2.92. The van der Waals surface area contributed by atoms with E-state index >= 15 is 0 Å². The monoisotopic (exact) mass is 315 g/mol. The van der Waals surface area contributed by atoms with E-state index in [0.717, 1.165) is 4.47 Å². The molecular weight excluding hydrogens is 302 g/mol. The van der Waals surface area contributed by atoms with Crippen LogP contribution >= 0.6 is 15.9 Å². The molecule has 2 N–H and O–H groups in total. The molecule has 0 bridgehead atoms. The molecule has 0 radical (unpaired) electrons. The second-order valence-electron chi connectivity index (χ2n) is 3.92. The molecule has 6 heteroatoms. The van der Waals surface area contributed by atoms with Crippen molar-refractivity contribution in [1.29, 1.82) is 0 Å². The maximum atomic E-state index is 11.0. The SMILES string of the molecule is CCC(Nc1cc2c(cc1Br)OCCO2)C(=O)O. The van der Waals surface area contributed by atoms with Crippen molar-refractivity contribution in [3.63, 3.8) is 0 Å². The van der Waals surface area contributed by atoms with Crippen LogP contribution < -0.4 is 14.8 Å². The Hall–Kier alpha value is -1.43. The van der Waals surface area contributed by atoms with Gasteiger partial charge in [0.15, 0.2) is 11.5 Å². The Bertz CT molecular complexity index is 464. The number of carbonyl (C=O) groups is 1. The number of aliphatic carboxylic acids is 1. The number of hydrogen-bond acceptors (Lipinski definition) is 4. The Morgan fingerprint density at radius 3 is 2.61 bits per heavy atom. The number of benzene rings is 1. The van der Waals surface area contributed by atoms with E-state index in [2.05, 4.69) is 21.2 Å². The van der Waals surface area contributed by atoms with Gasteiger partial charge >= 0.3 is 5.97 Å². The Morgan fingerprint density at radius 1 is 1.44 bits per heavy atom. The highest BCUT2D eigenvalue weighted by atomic mass is 79.9. The minimum Gasteiger partial charge on any atom is -0.486 e. The molecule has 0 saturated heterocycles. The maximum absolute atomic E-state index is 11.0. The molecule has 1 heterocycles. The van der Waals surface area contributed by atoms with Crippen LogP contribution in [-0.2, 0) is 4.79 Å². The van der Waals surface area contributed by atoms with Crippen LogP contribution in [0, 0.1) is 0 Å². The van der Waals surface area contributed by atoms with Gasteiger partial charge in [-0.3, -0.25) is 0 Å². The number of carboxylic acids is 1. The van der Waals surface area contributed by atoms with Gasteiger partial charge in [-0.15, -0.1) is 0 Å². The summed E-state index contributed by atoms with van der Waals surface area (Å²) in [5, 5.41) is 12.0. The number of rotatable bonds is 4. The molecule has 1 atom stereocenters. The average molecular weight is 316 g/mol. The highest BCUT2D eigenvalue weighted by molar-refractivity contribution is 9.10. The number of carboxylic acid groups (broad SMARTS) is 1. The van der Waals surface area contributed by atoms with Crippen LogP contribution in [0.3, 0.4) is 0 Å². The van der Waals surface area contributed by atoms with Crippen LogP contribution in [0.25, 0.3) is 0 Å². The summed E-state index contributed by atoms with van der Waals surface area (Å²) in [7, 11) is 0. The zero-order valence-electron chi connectivity index (χ0n) is 9.90. The average Bonchev–Trinajstić information content (AvgIpc) is 2.35. The molecule has 1 aliphatic heterocycles. The third-order valence-corrected chi connectivity index (χ3v) is 3.32. The maximum Gasteiger partial charge on any atom is 0.326 e. The van der Waals surface area contributed by atoms with Gasteiger partial charge in [0.05, 0.1) is 5.69 Å². The number of ether oxygens (including phenoxy) is 2. The fraction of sp³-hybridized carbons (Fsp3) is 0.417. The summed E-state index contributed by atoms with van der Waals surface area (Å²) in [5.41, 5.74) is 0.688. The van der Waals surface area contributed by atoms with Crippen molar-refractivity contribution in [1.82, 2.24) is 0 Å². The van der Waals surface area contributed by atoms with Gasteiger partial charge in [-0.1, -0.05) is 6.92 Å². The smallest absolute Gasteiger partial charge is 0.326 e. The van der Waals surface area contributed by atoms with Crippen LogP contribution in [0.5, 0.6) is 11.5 Å². The second kappa shape index (κ2) is 5.48. The summed E-state index contributed by atoms with van der Waals surface area (Å²) in [4.78, 5) is 11.0. The molecule has 98 valence electrons. The normalized spacial score (nSPS) is 15.0. The van der Waals surface area contributed by atoms with Crippen LogP contribution in [-0.4, -0.2) is 30.3 Å². The highest BCUT2D eigenvalue weighted by Gasteiger charge is 2.19. The fourth-order valence-corrected chi connectivity index (χ4v) is 2.14. The summed E-state index contributed by atoms with van der Waals surface area (Å²) in [6.45, 7) is 2.85. The molecule has 18 heavy (non-hydrogen) atoms. The lowest BCUT2D eigenvalue weighted by atomic mass is 10.2. The molecule has 0 amide bonds. The topological polar surface area (TPSA) is 67.8 Å². The number of hydrogen-bond donors (Lipinski definition) is 2. The first-order valence-electron chi connectivity index (χ1n) is 5.70. The van der Waals surface area contributed by atoms with E-state index in [1.807, 2.05) is 6.92 Å². The van der Waals surface area contributed by atoms with E-state index in [-0.39, 0.29) is 0 Å². The molecule has 0 saturated carbocycles. The Balaban J connectivity index is 2.25. The molecule has 0 fully saturated rings. The van der Waals surface area contributed by atoms with Crippen molar-refractivity contribution in [2.75, 3.05) is 18.5 Å². The number of nitrogens with one attached hydrogen (secondary N) is 1. The summed E-state index contributed by atoms with van der Waals surface area (Å²) in [5.74, 6) is 0.425. The van der Waals surface area contributed by atoms with Gasteiger partial charge in [-0.2, -0.15) is 0 Å². The summed E-state index contributed by atoms with van der Waals surface area (Å²) < 4.78 is 11.7. The molecule has 2 rings (SSSR count). The molecule has 1 aromatic rings. The first-order chi connectivity index (χ1) is 8.61. The molecule has 1 aromatic carbocycles. The molecule has 0 spiro atoms. The summed E-state index contributed by atoms with van der Waals surface area (Å²) in [6.07, 6.45) is 0.496. The molecular formula is C12H14BrNO4. The molecule has 0 aliphatic carbocycles. The van der Waals surface area contributed by atoms with Crippen molar-refractivity contribution in [3.05, 3.63) is 16.6 Å². The first kappa shape index (κ1) is 13.0. The van der Waals surface area contributed by atoms with Gasteiger partial charge in [-0.05, 0) is 22.4 Å². The van der Waals surface area contributed by atoms with Crippen LogP contribution in [0.2, 0.25) is 0 Å². The van der Waals surface area contributed by atoms with Crippen LogP contribution in [0.15, 0.2) is 16.6 Å². The molecule has 5 nitrogen and oxygen atoms in total. The predicted octanol–water partition coefficient (Wildman–Crippen LogP) is 2.50. The standard InChI is InChI=1S/C12H14BrNO4/c1-2-8(12(15)16)14-9-6-11-10(5-7(9)13)17-3-4-18-11/h5-6,8,14H,2-4H2,1H3,(H,15,16). The first-order valence-corrected chi connectivity index (χ1v) is 6.49. The van der Waals surface area contributed by atoms with E-state index in [0.29, 0.717) is 36.8 Å². The van der Waals surface area contributed by atoms with Crippen LogP contribution in [0.1, 0.15) is 13.3 Å². The second-order valence-corrected chi connectivity index (χ2v) is 4.77. The van der Waals surface area contributed by atoms with Crippen molar-refractivity contribution < 1.29 is 19.4 Å². The van der Waals surface area contributed by atoms with E-state index < -0.39 is 12.0 Å². The largest absolute Gasteiger partial charge is 0.486 e. The van der Waals surface area contributed by atoms with Crippen molar-refractivity contribution in [2.24, 2.45) is 0 Å². The molecule has 1 unspecified atom stereocenters. The minimum absolute atomic E-state index is 0.496. The Morgan fingerprint density at radius 2 is 2.06 bits per heavy atom. The third-order valence-electron chi connectivity index (χ3n) is 2.67. The quantitative estimate of drug-likeness (QED) is 0.893. The lowest BCUT2D eigenvalue weighted by Crippen LogP contribution is -2.28. The summed E-state index contributed by atoms with van der Waals surface area (Å²) >= 11 is 3.39. The number of fused-ring (bicyclic) bond motifs is 1. The molecule has 1 aliphatic rings. The van der Waals surface area contributed by atoms with E-state index in [9.17, 15) is 4.79 Å². The van der Waals surface area contributed by atoms with Crippen molar-refractivity contribution in [3.8, 4) is 11.5 Å². The predicted molar refractivity (Wildman–Crippen MR) is 70.5 cm³/mol. The van der Waals surface area contributed by atoms with E-state index in [4.69, 9.17) is 14.6 Å². The Kier molecular flexibility index (Phi) is 3.96. The zero-order chi connectivity index (χ0) is 13.1. The number of halogens is 1. The fourth-order valence-electron chi connectivity index (χ4n) is 1.70. The van der Waals surface area contributed by atoms with Gasteiger partial charge in [0.2, 0.25) is 0 Å². The highest BCUT2D eigenvalue weighted by Crippen LogP contribution is 2.38. The van der Waals surface area contributed by atoms with Crippen molar-refractivity contribution in [2.45, 2.75) is 19.4 Å². The van der Waals surface area contributed by atoms with E-state index in [1.54, 1.807) is 12.1 Å². The lowest BCUT2D eigenvalue weighted by Gasteiger charge is -2.21. The van der Waals surface area contributed by atoms with Gasteiger partial charge in [-0.25, -0.2) is 4.79 Å². The van der Waals surface area contributed by atoms with Gasteiger partial charge < -0.3 is 19.9 Å². The van der Waals surface area contributed by atoms with Gasteiger partial charge in [0.25, 0.3) is 0 Å². The number of anilines is 1. The lowest BCUT2D eigenvalue weighted by molar-refractivity contribution is -0.137. The Labute approximate surface area is 113 Å². The van der Waals surface area contributed by atoms with Crippen LogP contribution in [0.4, 0.5) is 5.69 Å². The molecule has 0 aromatic heterocycles. The third kappa shape index (κ3) is 2.69. The van der Waals surface area contributed by atoms with Gasteiger partial charge in [0, 0.05) is 16.6 Å². The van der Waals surface area contributed by atoms with Gasteiger partial charge in [0.1, 0.15) is 19.3 Å². The van der Waals surface area contributed by atoms with E-state index in [1.165, 1.54) is 0 Å². The van der Waals surface area contributed by atoms with Crippen molar-refractivity contribution >= 4 is 27.6 Å². The minimum atomic E-state index is -0.876. The zero-order valence-corrected chi connectivity index (χ0v) is 11.5.